The van der Waals surface area contributed by atoms with E-state index in [0.717, 1.165) is 5.03 Å². The van der Waals surface area contributed by atoms with Crippen molar-refractivity contribution in [3.05, 3.63) is 12.7 Å². The molecule has 1 aliphatic rings. The van der Waals surface area contributed by atoms with Crippen molar-refractivity contribution in [2.45, 2.75) is 29.6 Å². The van der Waals surface area contributed by atoms with Crippen molar-refractivity contribution in [3.8, 4) is 0 Å². The summed E-state index contributed by atoms with van der Waals surface area (Å²) in [5.74, 6) is 0. The van der Waals surface area contributed by atoms with Crippen LogP contribution in [0.2, 0.25) is 0 Å². The number of fused-ring (bicyclic) bond motifs is 1. The van der Waals surface area contributed by atoms with Gasteiger partial charge in [0.15, 0.2) is 11.9 Å². The summed E-state index contributed by atoms with van der Waals surface area (Å²) in [5.41, 5.74) is 1.12. The summed E-state index contributed by atoms with van der Waals surface area (Å²) in [5, 5.41) is 29.7. The molecule has 0 radical (unpaired) electrons. The van der Waals surface area contributed by atoms with Crippen LogP contribution in [-0.4, -0.2) is 66.0 Å². The molecule has 9 heteroatoms. The highest BCUT2D eigenvalue weighted by atomic mass is 32.2. The lowest BCUT2D eigenvalue weighted by Crippen LogP contribution is -2.33. The first kappa shape index (κ1) is 13.7. The molecule has 1 saturated heterocycles. The molecule has 1 aliphatic heterocycles. The molecule has 3 rings (SSSR count). The van der Waals surface area contributed by atoms with Crippen LogP contribution in [0, 0.1) is 0 Å². The van der Waals surface area contributed by atoms with Crippen molar-refractivity contribution in [1.29, 1.82) is 0 Å². The fourth-order valence-electron chi connectivity index (χ4n) is 2.28. The van der Waals surface area contributed by atoms with Gasteiger partial charge in [-0.3, -0.25) is 4.57 Å². The highest BCUT2D eigenvalue weighted by Crippen LogP contribution is 2.32. The molecule has 2 aromatic rings. The molecule has 0 bridgehead atoms. The first-order valence-corrected chi connectivity index (χ1v) is 7.23. The second-order valence-corrected chi connectivity index (χ2v) is 5.23. The van der Waals surface area contributed by atoms with Gasteiger partial charge in [-0.1, -0.05) is 0 Å². The summed E-state index contributed by atoms with van der Waals surface area (Å²) in [6, 6.07) is 0. The summed E-state index contributed by atoms with van der Waals surface area (Å²) >= 11 is 1.44. The van der Waals surface area contributed by atoms with E-state index in [9.17, 15) is 10.2 Å². The van der Waals surface area contributed by atoms with E-state index in [0.29, 0.717) is 11.2 Å². The largest absolute Gasteiger partial charge is 0.394 e. The average molecular weight is 298 g/mol. The van der Waals surface area contributed by atoms with Crippen LogP contribution in [0.4, 0.5) is 0 Å². The van der Waals surface area contributed by atoms with Crippen molar-refractivity contribution in [2.24, 2.45) is 0 Å². The molecule has 1 fully saturated rings. The lowest BCUT2D eigenvalue weighted by atomic mass is 10.1. The summed E-state index contributed by atoms with van der Waals surface area (Å²) in [6.07, 6.45) is 0.813. The maximum atomic E-state index is 10.0. The van der Waals surface area contributed by atoms with Gasteiger partial charge in [0.25, 0.3) is 0 Å². The Hall–Kier alpha value is -1.26. The number of aliphatic hydroxyl groups is 3. The van der Waals surface area contributed by atoms with Crippen LogP contribution in [0.5, 0.6) is 0 Å². The molecular formula is C11H14N4O4S. The third kappa shape index (κ3) is 1.98. The molecule has 0 saturated carbocycles. The Bertz CT molecular complexity index is 621. The summed E-state index contributed by atoms with van der Waals surface area (Å²) in [4.78, 5) is 12.5. The summed E-state index contributed by atoms with van der Waals surface area (Å²) < 4.78 is 7.01. The number of aromatic nitrogens is 4. The molecule has 4 atom stereocenters. The predicted molar refractivity (Wildman–Crippen MR) is 70.1 cm³/mol. The highest BCUT2D eigenvalue weighted by molar-refractivity contribution is 7.98. The molecule has 0 aromatic carbocycles. The van der Waals surface area contributed by atoms with Gasteiger partial charge in [-0.2, -0.15) is 0 Å². The number of aliphatic hydroxyl groups excluding tert-OH is 3. The summed E-state index contributed by atoms with van der Waals surface area (Å²) in [7, 11) is 0. The topological polar surface area (TPSA) is 114 Å². The minimum absolute atomic E-state index is 0.369. The number of ether oxygens (including phenoxy) is 1. The van der Waals surface area contributed by atoms with Gasteiger partial charge in [0.2, 0.25) is 0 Å². The van der Waals surface area contributed by atoms with Crippen molar-refractivity contribution in [2.75, 3.05) is 12.9 Å². The second-order valence-electron chi connectivity index (χ2n) is 4.44. The smallest absolute Gasteiger partial charge is 0.166 e. The van der Waals surface area contributed by atoms with Gasteiger partial charge >= 0.3 is 0 Å². The Morgan fingerprint density at radius 2 is 2.10 bits per heavy atom. The molecule has 0 amide bonds. The van der Waals surface area contributed by atoms with Crippen molar-refractivity contribution in [1.82, 2.24) is 19.5 Å². The average Bonchev–Trinajstić information content (AvgIpc) is 3.01. The fourth-order valence-corrected chi connectivity index (χ4v) is 2.77. The predicted octanol–water partition coefficient (Wildman–Crippen LogP) is -0.840. The zero-order valence-corrected chi connectivity index (χ0v) is 11.4. The number of imidazole rings is 1. The van der Waals surface area contributed by atoms with Gasteiger partial charge in [-0.15, -0.1) is 11.8 Å². The van der Waals surface area contributed by atoms with E-state index in [1.165, 1.54) is 24.4 Å². The van der Waals surface area contributed by atoms with Crippen LogP contribution in [-0.2, 0) is 4.74 Å². The maximum Gasteiger partial charge on any atom is 0.166 e. The molecule has 0 aliphatic carbocycles. The SMILES string of the molecule is CSc1ncnc2c1ncn2[C@@H]1O[C@@H](CO)[C@H](O)[C@@H]1O. The quantitative estimate of drug-likeness (QED) is 0.496. The Balaban J connectivity index is 2.03. The van der Waals surface area contributed by atoms with E-state index in [-0.39, 0.29) is 6.61 Å². The number of hydrogen-bond donors (Lipinski definition) is 3. The normalized spacial score (nSPS) is 30.2. The molecule has 3 N–H and O–H groups in total. The van der Waals surface area contributed by atoms with Crippen LogP contribution in [0.15, 0.2) is 17.7 Å². The van der Waals surface area contributed by atoms with E-state index in [1.807, 2.05) is 6.26 Å². The number of rotatable bonds is 3. The lowest BCUT2D eigenvalue weighted by molar-refractivity contribution is -0.0511. The van der Waals surface area contributed by atoms with Crippen LogP contribution >= 0.6 is 11.8 Å². The third-order valence-corrected chi connectivity index (χ3v) is 4.00. The Morgan fingerprint density at radius 1 is 1.30 bits per heavy atom. The first-order valence-electron chi connectivity index (χ1n) is 6.01. The second kappa shape index (κ2) is 5.26. The minimum Gasteiger partial charge on any atom is -0.394 e. The van der Waals surface area contributed by atoms with Crippen molar-refractivity contribution in [3.63, 3.8) is 0 Å². The van der Waals surface area contributed by atoms with E-state index in [1.54, 1.807) is 4.57 Å². The van der Waals surface area contributed by atoms with Gasteiger partial charge in [-0.05, 0) is 6.26 Å². The molecule has 8 nitrogen and oxygen atoms in total. The third-order valence-electron chi connectivity index (χ3n) is 3.31. The van der Waals surface area contributed by atoms with E-state index < -0.39 is 24.5 Å². The first-order chi connectivity index (χ1) is 9.67. The van der Waals surface area contributed by atoms with Crippen molar-refractivity contribution >= 4 is 22.9 Å². The van der Waals surface area contributed by atoms with Crippen LogP contribution in [0.3, 0.4) is 0 Å². The Kier molecular flexibility index (Phi) is 3.61. The molecule has 0 unspecified atom stereocenters. The zero-order chi connectivity index (χ0) is 14.3. The molecule has 20 heavy (non-hydrogen) atoms. The fraction of sp³-hybridized carbons (Fsp3) is 0.545. The van der Waals surface area contributed by atoms with Crippen LogP contribution in [0.25, 0.3) is 11.2 Å². The summed E-state index contributed by atoms with van der Waals surface area (Å²) in [6.45, 7) is -0.369. The monoisotopic (exact) mass is 298 g/mol. The molecule has 0 spiro atoms. The van der Waals surface area contributed by atoms with E-state index in [4.69, 9.17) is 9.84 Å². The molecular weight excluding hydrogens is 284 g/mol. The lowest BCUT2D eigenvalue weighted by Gasteiger charge is -2.16. The number of hydrogen-bond acceptors (Lipinski definition) is 8. The van der Waals surface area contributed by atoms with Gasteiger partial charge < -0.3 is 20.1 Å². The van der Waals surface area contributed by atoms with Gasteiger partial charge in [0, 0.05) is 0 Å². The highest BCUT2D eigenvalue weighted by Gasteiger charge is 2.43. The number of thioether (sulfide) groups is 1. The van der Waals surface area contributed by atoms with E-state index >= 15 is 0 Å². The molecule has 2 aromatic heterocycles. The van der Waals surface area contributed by atoms with Crippen LogP contribution in [0.1, 0.15) is 6.23 Å². The Labute approximate surface area is 118 Å². The maximum absolute atomic E-state index is 10.0. The standard InChI is InChI=1S/C11H14N4O4S/c1-20-10-6-9(12-3-13-10)15(4-14-6)11-8(18)7(17)5(2-16)19-11/h3-5,7-8,11,16-18H,2H2,1H3/t5-,7-,8-,11+/m0/s1. The van der Waals surface area contributed by atoms with E-state index in [2.05, 4.69) is 15.0 Å². The Morgan fingerprint density at radius 3 is 2.75 bits per heavy atom. The molecule has 108 valence electrons. The molecule has 3 heterocycles. The van der Waals surface area contributed by atoms with Crippen molar-refractivity contribution < 1.29 is 20.1 Å². The zero-order valence-electron chi connectivity index (χ0n) is 10.6. The number of nitrogens with zero attached hydrogens (tertiary/aromatic N) is 4. The van der Waals surface area contributed by atoms with Gasteiger partial charge in [0.05, 0.1) is 12.9 Å². The minimum atomic E-state index is -1.16. The van der Waals surface area contributed by atoms with Gasteiger partial charge in [-0.25, -0.2) is 15.0 Å². The van der Waals surface area contributed by atoms with Crippen LogP contribution < -0.4 is 0 Å². The van der Waals surface area contributed by atoms with Gasteiger partial charge in [0.1, 0.15) is 35.2 Å².